The molecule has 1 heterocycles. The van der Waals surface area contributed by atoms with Crippen LogP contribution in [0.2, 0.25) is 0 Å². The van der Waals surface area contributed by atoms with Crippen LogP contribution in [-0.4, -0.2) is 42.2 Å². The van der Waals surface area contributed by atoms with E-state index in [0.717, 1.165) is 0 Å². The largest absolute Gasteiger partial charge is 0.393 e. The molecule has 106 valence electrons. The van der Waals surface area contributed by atoms with E-state index in [1.165, 1.54) is 0 Å². The summed E-state index contributed by atoms with van der Waals surface area (Å²) in [6.45, 7) is 6.11. The number of nitrogens with one attached hydrogen (secondary N) is 1. The van der Waals surface area contributed by atoms with Gasteiger partial charge in [-0.3, -0.25) is 4.79 Å². The van der Waals surface area contributed by atoms with E-state index in [1.54, 1.807) is 4.90 Å². The van der Waals surface area contributed by atoms with Gasteiger partial charge in [0.05, 0.1) is 12.0 Å². The number of likely N-dealkylation sites (N-methyl/N-ethyl adjacent to an activating group) is 1. The third-order valence-corrected chi connectivity index (χ3v) is 3.42. The second-order valence-corrected chi connectivity index (χ2v) is 4.99. The number of rotatable bonds is 3. The summed E-state index contributed by atoms with van der Waals surface area (Å²) in [6.07, 6.45) is -3.88. The highest BCUT2D eigenvalue weighted by Crippen LogP contribution is 2.32. The van der Waals surface area contributed by atoms with Crippen molar-refractivity contribution >= 4 is 5.91 Å². The van der Waals surface area contributed by atoms with Crippen molar-refractivity contribution in [2.24, 2.45) is 5.92 Å². The average Bonchev–Trinajstić information content (AvgIpc) is 2.28. The van der Waals surface area contributed by atoms with Crippen LogP contribution in [0.15, 0.2) is 0 Å². The van der Waals surface area contributed by atoms with Gasteiger partial charge < -0.3 is 10.2 Å². The first-order chi connectivity index (χ1) is 8.27. The SMILES string of the molecule is CCN(C(=O)C1CCC(C(F)(F)F)CN1)C(C)C. The van der Waals surface area contributed by atoms with Gasteiger partial charge in [0.1, 0.15) is 0 Å². The van der Waals surface area contributed by atoms with Gasteiger partial charge >= 0.3 is 6.18 Å². The fourth-order valence-electron chi connectivity index (χ4n) is 2.32. The van der Waals surface area contributed by atoms with Gasteiger partial charge in [-0.1, -0.05) is 0 Å². The Balaban J connectivity index is 2.55. The Kier molecular flexibility index (Phi) is 5.01. The molecule has 0 aromatic carbocycles. The van der Waals surface area contributed by atoms with E-state index >= 15 is 0 Å². The Morgan fingerprint density at radius 3 is 2.33 bits per heavy atom. The smallest absolute Gasteiger partial charge is 0.339 e. The highest BCUT2D eigenvalue weighted by molar-refractivity contribution is 5.82. The van der Waals surface area contributed by atoms with E-state index in [1.807, 2.05) is 20.8 Å². The number of hydrogen-bond donors (Lipinski definition) is 1. The standard InChI is InChI=1S/C12H21F3N2O/c1-4-17(8(2)3)11(18)10-6-5-9(7-16-10)12(13,14)15/h8-10,16H,4-7H2,1-3H3. The van der Waals surface area contributed by atoms with Crippen LogP contribution < -0.4 is 5.32 Å². The van der Waals surface area contributed by atoms with E-state index in [9.17, 15) is 18.0 Å². The second-order valence-electron chi connectivity index (χ2n) is 4.99. The van der Waals surface area contributed by atoms with E-state index in [2.05, 4.69) is 5.32 Å². The lowest BCUT2D eigenvalue weighted by Crippen LogP contribution is -2.53. The molecule has 0 bridgehead atoms. The summed E-state index contributed by atoms with van der Waals surface area (Å²) in [5.41, 5.74) is 0. The summed E-state index contributed by atoms with van der Waals surface area (Å²) in [5, 5.41) is 2.73. The zero-order valence-electron chi connectivity index (χ0n) is 11.0. The number of alkyl halides is 3. The van der Waals surface area contributed by atoms with Gasteiger partial charge in [-0.25, -0.2) is 0 Å². The molecule has 1 fully saturated rings. The molecular weight excluding hydrogens is 245 g/mol. The Morgan fingerprint density at radius 2 is 2.00 bits per heavy atom. The molecule has 3 nitrogen and oxygen atoms in total. The van der Waals surface area contributed by atoms with Gasteiger partial charge in [-0.15, -0.1) is 0 Å². The number of hydrogen-bond acceptors (Lipinski definition) is 2. The first kappa shape index (κ1) is 15.3. The van der Waals surface area contributed by atoms with Crippen LogP contribution in [0.1, 0.15) is 33.6 Å². The van der Waals surface area contributed by atoms with Crippen LogP contribution in [0.25, 0.3) is 0 Å². The zero-order chi connectivity index (χ0) is 13.9. The van der Waals surface area contributed by atoms with E-state index < -0.39 is 18.1 Å². The number of amides is 1. The molecule has 0 spiro atoms. The first-order valence-corrected chi connectivity index (χ1v) is 6.38. The summed E-state index contributed by atoms with van der Waals surface area (Å²) >= 11 is 0. The molecule has 1 aliphatic rings. The molecule has 0 aliphatic carbocycles. The fraction of sp³-hybridized carbons (Fsp3) is 0.917. The van der Waals surface area contributed by atoms with Crippen molar-refractivity contribution in [2.75, 3.05) is 13.1 Å². The average molecular weight is 266 g/mol. The quantitative estimate of drug-likeness (QED) is 0.849. The van der Waals surface area contributed by atoms with Gasteiger partial charge in [-0.2, -0.15) is 13.2 Å². The minimum absolute atomic E-state index is 0.0303. The van der Waals surface area contributed by atoms with Crippen molar-refractivity contribution in [3.8, 4) is 0 Å². The third-order valence-electron chi connectivity index (χ3n) is 3.42. The highest BCUT2D eigenvalue weighted by Gasteiger charge is 2.42. The summed E-state index contributed by atoms with van der Waals surface area (Å²) in [6, 6.07) is -0.393. The van der Waals surface area contributed by atoms with Gasteiger partial charge in [-0.05, 0) is 33.6 Å². The molecule has 0 radical (unpaired) electrons. The van der Waals surface area contributed by atoms with Gasteiger partial charge in [0.25, 0.3) is 0 Å². The molecule has 1 rings (SSSR count). The lowest BCUT2D eigenvalue weighted by Gasteiger charge is -2.34. The molecule has 0 aromatic rings. The number of halogens is 3. The molecule has 2 unspecified atom stereocenters. The van der Waals surface area contributed by atoms with Crippen molar-refractivity contribution in [3.05, 3.63) is 0 Å². The topological polar surface area (TPSA) is 32.3 Å². The molecule has 1 amide bonds. The fourth-order valence-corrected chi connectivity index (χ4v) is 2.32. The van der Waals surface area contributed by atoms with Crippen molar-refractivity contribution in [2.45, 2.75) is 51.9 Å². The maximum absolute atomic E-state index is 12.5. The zero-order valence-corrected chi connectivity index (χ0v) is 11.0. The predicted octanol–water partition coefficient (Wildman–Crippen LogP) is 2.17. The lowest BCUT2D eigenvalue weighted by molar-refractivity contribution is -0.180. The van der Waals surface area contributed by atoms with E-state index in [4.69, 9.17) is 0 Å². The predicted molar refractivity (Wildman–Crippen MR) is 63.1 cm³/mol. The lowest BCUT2D eigenvalue weighted by atomic mass is 9.93. The molecular formula is C12H21F3N2O. The monoisotopic (exact) mass is 266 g/mol. The van der Waals surface area contributed by atoms with Crippen LogP contribution in [0.4, 0.5) is 13.2 Å². The van der Waals surface area contributed by atoms with Crippen molar-refractivity contribution in [1.29, 1.82) is 0 Å². The molecule has 1 saturated heterocycles. The number of carbonyl (C=O) groups is 1. The Bertz CT molecular complexity index is 284. The van der Waals surface area contributed by atoms with Gasteiger partial charge in [0.15, 0.2) is 0 Å². The summed E-state index contributed by atoms with van der Waals surface area (Å²) in [5.74, 6) is -1.41. The maximum atomic E-state index is 12.5. The Labute approximate surface area is 106 Å². The van der Waals surface area contributed by atoms with Crippen molar-refractivity contribution in [1.82, 2.24) is 10.2 Å². The summed E-state index contributed by atoms with van der Waals surface area (Å²) in [7, 11) is 0. The normalized spacial score (nSPS) is 25.3. The maximum Gasteiger partial charge on any atom is 0.393 e. The summed E-state index contributed by atoms with van der Waals surface area (Å²) in [4.78, 5) is 13.8. The van der Waals surface area contributed by atoms with Crippen LogP contribution >= 0.6 is 0 Å². The number of piperidine rings is 1. The third kappa shape index (κ3) is 3.60. The molecule has 0 aromatic heterocycles. The minimum Gasteiger partial charge on any atom is -0.339 e. The van der Waals surface area contributed by atoms with Crippen LogP contribution in [0.3, 0.4) is 0 Å². The Morgan fingerprint density at radius 1 is 1.39 bits per heavy atom. The molecule has 1 N–H and O–H groups in total. The molecule has 1 aliphatic heterocycles. The van der Waals surface area contributed by atoms with Gasteiger partial charge in [0, 0.05) is 19.1 Å². The van der Waals surface area contributed by atoms with Crippen molar-refractivity contribution < 1.29 is 18.0 Å². The second kappa shape index (κ2) is 5.91. The van der Waals surface area contributed by atoms with Crippen LogP contribution in [0.5, 0.6) is 0 Å². The number of nitrogens with zero attached hydrogens (tertiary/aromatic N) is 1. The highest BCUT2D eigenvalue weighted by atomic mass is 19.4. The molecule has 18 heavy (non-hydrogen) atoms. The first-order valence-electron chi connectivity index (χ1n) is 6.38. The van der Waals surface area contributed by atoms with Gasteiger partial charge in [0.2, 0.25) is 5.91 Å². The number of carbonyl (C=O) groups excluding carboxylic acids is 1. The summed E-state index contributed by atoms with van der Waals surface area (Å²) < 4.78 is 37.5. The minimum atomic E-state index is -4.16. The van der Waals surface area contributed by atoms with E-state index in [0.29, 0.717) is 6.54 Å². The van der Waals surface area contributed by atoms with E-state index in [-0.39, 0.29) is 31.3 Å². The molecule has 2 atom stereocenters. The molecule has 0 saturated carbocycles. The van der Waals surface area contributed by atoms with Crippen LogP contribution in [-0.2, 0) is 4.79 Å². The van der Waals surface area contributed by atoms with Crippen LogP contribution in [0, 0.1) is 5.92 Å². The Hall–Kier alpha value is -0.780. The molecule has 6 heteroatoms. The van der Waals surface area contributed by atoms with Crippen molar-refractivity contribution in [3.63, 3.8) is 0 Å².